The number of esters is 1. The molecule has 1 aromatic rings. The molecule has 0 saturated carbocycles. The summed E-state index contributed by atoms with van der Waals surface area (Å²) in [5.41, 5.74) is 0.459. The smallest absolute Gasteiger partial charge is 0.341 e. The molecule has 1 aromatic heterocycles. The van der Waals surface area contributed by atoms with Crippen LogP contribution >= 0.6 is 0 Å². The second-order valence-electron chi connectivity index (χ2n) is 4.54. The summed E-state index contributed by atoms with van der Waals surface area (Å²) in [4.78, 5) is 18.0. The van der Waals surface area contributed by atoms with E-state index in [0.29, 0.717) is 31.1 Å². The Labute approximate surface area is 106 Å². The highest BCUT2D eigenvalue weighted by Crippen LogP contribution is 2.25. The van der Waals surface area contributed by atoms with Crippen molar-refractivity contribution >= 4 is 11.8 Å². The van der Waals surface area contributed by atoms with Gasteiger partial charge in [-0.3, -0.25) is 0 Å². The number of hydrogen-bond acceptors (Lipinski definition) is 5. The highest BCUT2D eigenvalue weighted by atomic mass is 16.5. The van der Waals surface area contributed by atoms with Crippen LogP contribution in [0.5, 0.6) is 0 Å². The lowest BCUT2D eigenvalue weighted by Gasteiger charge is -2.19. The third-order valence-corrected chi connectivity index (χ3v) is 3.15. The molecule has 1 N–H and O–H groups in total. The van der Waals surface area contributed by atoms with Gasteiger partial charge in [0.05, 0.1) is 12.7 Å². The number of aliphatic hydroxyl groups is 1. The molecule has 0 amide bonds. The van der Waals surface area contributed by atoms with Crippen molar-refractivity contribution < 1.29 is 14.6 Å². The fraction of sp³-hybridized carbons (Fsp3) is 0.538. The third kappa shape index (κ3) is 2.46. The maximum atomic E-state index is 11.8. The number of carbonyl (C=O) groups excluding carboxylic acids is 1. The van der Waals surface area contributed by atoms with Crippen molar-refractivity contribution in [2.75, 3.05) is 24.6 Å². The molecule has 2 atom stereocenters. The van der Waals surface area contributed by atoms with Gasteiger partial charge in [0.15, 0.2) is 0 Å². The normalized spacial score (nSPS) is 23.2. The molecule has 0 spiro atoms. The van der Waals surface area contributed by atoms with Crippen LogP contribution in [0.1, 0.15) is 24.2 Å². The van der Waals surface area contributed by atoms with Crippen LogP contribution in [-0.4, -0.2) is 41.9 Å². The highest BCUT2D eigenvalue weighted by molar-refractivity contribution is 5.94. The first-order valence-corrected chi connectivity index (χ1v) is 6.18. The number of aliphatic hydroxyl groups excluding tert-OH is 1. The molecule has 0 bridgehead atoms. The zero-order valence-electron chi connectivity index (χ0n) is 10.7. The summed E-state index contributed by atoms with van der Waals surface area (Å²) in [6, 6.07) is 3.42. The summed E-state index contributed by atoms with van der Waals surface area (Å²) in [7, 11) is 0. The lowest BCUT2D eigenvalue weighted by atomic mass is 10.1. The molecule has 5 heteroatoms. The number of pyridine rings is 1. The largest absolute Gasteiger partial charge is 0.462 e. The van der Waals surface area contributed by atoms with Gasteiger partial charge in [0.25, 0.3) is 0 Å². The Morgan fingerprint density at radius 3 is 3.00 bits per heavy atom. The first-order valence-electron chi connectivity index (χ1n) is 6.18. The molecule has 1 saturated heterocycles. The number of aromatic nitrogens is 1. The molecule has 0 aliphatic carbocycles. The van der Waals surface area contributed by atoms with E-state index in [4.69, 9.17) is 4.74 Å². The summed E-state index contributed by atoms with van der Waals surface area (Å²) in [5, 5.41) is 9.78. The fourth-order valence-electron chi connectivity index (χ4n) is 2.14. The van der Waals surface area contributed by atoms with E-state index in [0.717, 1.165) is 0 Å². The minimum absolute atomic E-state index is 0.182. The quantitative estimate of drug-likeness (QED) is 0.813. The van der Waals surface area contributed by atoms with Crippen molar-refractivity contribution in [3.8, 4) is 0 Å². The second kappa shape index (κ2) is 5.35. The number of rotatable bonds is 3. The van der Waals surface area contributed by atoms with E-state index in [1.54, 1.807) is 25.3 Å². The summed E-state index contributed by atoms with van der Waals surface area (Å²) < 4.78 is 5.01. The summed E-state index contributed by atoms with van der Waals surface area (Å²) in [6.07, 6.45) is 1.27. The van der Waals surface area contributed by atoms with Gasteiger partial charge in [-0.25, -0.2) is 9.78 Å². The first-order chi connectivity index (χ1) is 8.63. The number of carbonyl (C=O) groups is 1. The molecular formula is C13H18N2O3. The molecule has 18 heavy (non-hydrogen) atoms. The fourth-order valence-corrected chi connectivity index (χ4v) is 2.14. The predicted molar refractivity (Wildman–Crippen MR) is 67.6 cm³/mol. The molecule has 98 valence electrons. The zero-order chi connectivity index (χ0) is 13.1. The van der Waals surface area contributed by atoms with E-state index < -0.39 is 0 Å². The van der Waals surface area contributed by atoms with Gasteiger partial charge in [-0.2, -0.15) is 0 Å². The Kier molecular flexibility index (Phi) is 3.81. The van der Waals surface area contributed by atoms with Crippen LogP contribution in [-0.2, 0) is 4.74 Å². The van der Waals surface area contributed by atoms with Crippen LogP contribution in [0, 0.1) is 5.92 Å². The van der Waals surface area contributed by atoms with Crippen molar-refractivity contribution in [2.24, 2.45) is 5.92 Å². The monoisotopic (exact) mass is 250 g/mol. The van der Waals surface area contributed by atoms with E-state index in [-0.39, 0.29) is 18.0 Å². The Hall–Kier alpha value is -1.62. The standard InChI is InChI=1S/C13H18N2O3/c1-3-18-13(17)10-5-4-6-14-12(10)15-7-9(2)11(16)8-15/h4-6,9,11,16H,3,7-8H2,1-2H3/t9-,11-/m1/s1. The Balaban J connectivity index is 2.25. The van der Waals surface area contributed by atoms with Gasteiger partial charge in [0, 0.05) is 25.2 Å². The lowest BCUT2D eigenvalue weighted by Crippen LogP contribution is -2.25. The van der Waals surface area contributed by atoms with Gasteiger partial charge < -0.3 is 14.7 Å². The number of β-amino-alcohol motifs (C(OH)–C–C–N with tert-alkyl or cyclic N) is 1. The average molecular weight is 250 g/mol. The number of nitrogens with zero attached hydrogens (tertiary/aromatic N) is 2. The second-order valence-corrected chi connectivity index (χ2v) is 4.54. The molecule has 2 rings (SSSR count). The Bertz CT molecular complexity index is 426. The van der Waals surface area contributed by atoms with E-state index >= 15 is 0 Å². The predicted octanol–water partition coefficient (Wildman–Crippen LogP) is 1.08. The van der Waals surface area contributed by atoms with Crippen LogP contribution < -0.4 is 4.90 Å². The number of hydrogen-bond donors (Lipinski definition) is 1. The molecule has 5 nitrogen and oxygen atoms in total. The highest BCUT2D eigenvalue weighted by Gasteiger charge is 2.30. The van der Waals surface area contributed by atoms with E-state index in [1.807, 2.05) is 11.8 Å². The van der Waals surface area contributed by atoms with Gasteiger partial charge in [-0.15, -0.1) is 0 Å². The van der Waals surface area contributed by atoms with Crippen molar-refractivity contribution in [3.05, 3.63) is 23.9 Å². The first kappa shape index (κ1) is 12.8. The van der Waals surface area contributed by atoms with Crippen molar-refractivity contribution in [2.45, 2.75) is 20.0 Å². The zero-order valence-corrected chi connectivity index (χ0v) is 10.7. The molecule has 0 unspecified atom stereocenters. The van der Waals surface area contributed by atoms with Crippen LogP contribution in [0.25, 0.3) is 0 Å². The van der Waals surface area contributed by atoms with Crippen molar-refractivity contribution in [1.29, 1.82) is 0 Å². The summed E-state index contributed by atoms with van der Waals surface area (Å²) in [6.45, 7) is 5.30. The van der Waals surface area contributed by atoms with Gasteiger partial charge in [-0.05, 0) is 19.1 Å². The third-order valence-electron chi connectivity index (χ3n) is 3.15. The van der Waals surface area contributed by atoms with E-state index in [2.05, 4.69) is 4.98 Å². The van der Waals surface area contributed by atoms with Gasteiger partial charge in [0.1, 0.15) is 11.4 Å². The molecular weight excluding hydrogens is 232 g/mol. The summed E-state index contributed by atoms with van der Waals surface area (Å²) in [5.74, 6) is 0.413. The Morgan fingerprint density at radius 2 is 2.39 bits per heavy atom. The summed E-state index contributed by atoms with van der Waals surface area (Å²) >= 11 is 0. The maximum absolute atomic E-state index is 11.8. The minimum Gasteiger partial charge on any atom is -0.462 e. The SMILES string of the molecule is CCOC(=O)c1cccnc1N1C[C@@H](C)[C@H](O)C1. The molecule has 1 aliphatic rings. The van der Waals surface area contributed by atoms with E-state index in [1.165, 1.54) is 0 Å². The molecule has 1 aliphatic heterocycles. The van der Waals surface area contributed by atoms with E-state index in [9.17, 15) is 9.90 Å². The number of ether oxygens (including phenoxy) is 1. The molecule has 0 aromatic carbocycles. The Morgan fingerprint density at radius 1 is 1.61 bits per heavy atom. The van der Waals surface area contributed by atoms with Crippen molar-refractivity contribution in [1.82, 2.24) is 4.98 Å². The average Bonchev–Trinajstić information content (AvgIpc) is 2.70. The molecule has 2 heterocycles. The number of anilines is 1. The minimum atomic E-state index is -0.373. The van der Waals surface area contributed by atoms with Crippen LogP contribution in [0.15, 0.2) is 18.3 Å². The topological polar surface area (TPSA) is 62.7 Å². The lowest BCUT2D eigenvalue weighted by molar-refractivity contribution is 0.0526. The van der Waals surface area contributed by atoms with Gasteiger partial charge in [0.2, 0.25) is 0 Å². The van der Waals surface area contributed by atoms with Gasteiger partial charge in [-0.1, -0.05) is 6.92 Å². The maximum Gasteiger partial charge on any atom is 0.341 e. The van der Waals surface area contributed by atoms with Crippen LogP contribution in [0.2, 0.25) is 0 Å². The van der Waals surface area contributed by atoms with Gasteiger partial charge >= 0.3 is 5.97 Å². The molecule has 1 fully saturated rings. The van der Waals surface area contributed by atoms with Crippen LogP contribution in [0.3, 0.4) is 0 Å². The van der Waals surface area contributed by atoms with Crippen molar-refractivity contribution in [3.63, 3.8) is 0 Å². The van der Waals surface area contributed by atoms with Crippen LogP contribution in [0.4, 0.5) is 5.82 Å². The molecule has 0 radical (unpaired) electrons.